The molecule has 0 amide bonds. The summed E-state index contributed by atoms with van der Waals surface area (Å²) < 4.78 is 1.63. The van der Waals surface area contributed by atoms with E-state index in [0.29, 0.717) is 13.0 Å². The number of aryl methyl sites for hydroxylation is 1. The fourth-order valence-corrected chi connectivity index (χ4v) is 2.31. The standard InChI is InChI=1S/C13H18N4O/c1-11-10-12(18)17(9-5-6-14)13(15-11)16-7-3-2-4-8-16/h10H,2-5,7-9H2,1H3. The summed E-state index contributed by atoms with van der Waals surface area (Å²) in [5.74, 6) is 0.731. The van der Waals surface area contributed by atoms with Gasteiger partial charge in [-0.15, -0.1) is 0 Å². The first kappa shape index (κ1) is 12.6. The van der Waals surface area contributed by atoms with Crippen molar-refractivity contribution in [1.29, 1.82) is 5.26 Å². The van der Waals surface area contributed by atoms with Crippen molar-refractivity contribution in [2.45, 2.75) is 39.2 Å². The minimum Gasteiger partial charge on any atom is -0.342 e. The third-order valence-electron chi connectivity index (χ3n) is 3.20. The zero-order valence-corrected chi connectivity index (χ0v) is 10.7. The molecule has 96 valence electrons. The molecule has 0 spiro atoms. The molecule has 1 fully saturated rings. The summed E-state index contributed by atoms with van der Waals surface area (Å²) >= 11 is 0. The lowest BCUT2D eigenvalue weighted by Crippen LogP contribution is -2.36. The first-order chi connectivity index (χ1) is 8.72. The first-order valence-electron chi connectivity index (χ1n) is 6.43. The second-order valence-electron chi connectivity index (χ2n) is 4.64. The summed E-state index contributed by atoms with van der Waals surface area (Å²) in [6.07, 6.45) is 3.86. The summed E-state index contributed by atoms with van der Waals surface area (Å²) in [5, 5.41) is 8.67. The maximum atomic E-state index is 12.0. The molecule has 1 saturated heterocycles. The van der Waals surface area contributed by atoms with E-state index >= 15 is 0 Å². The Morgan fingerprint density at radius 3 is 2.78 bits per heavy atom. The van der Waals surface area contributed by atoms with Crippen LogP contribution in [0.4, 0.5) is 5.95 Å². The molecule has 2 heterocycles. The Balaban J connectivity index is 2.36. The summed E-state index contributed by atoms with van der Waals surface area (Å²) in [6, 6.07) is 3.61. The number of piperidine rings is 1. The molecule has 0 bridgehead atoms. The number of aromatic nitrogens is 2. The van der Waals surface area contributed by atoms with Crippen molar-refractivity contribution in [3.63, 3.8) is 0 Å². The van der Waals surface area contributed by atoms with Gasteiger partial charge >= 0.3 is 0 Å². The highest BCUT2D eigenvalue weighted by Gasteiger charge is 2.17. The van der Waals surface area contributed by atoms with E-state index in [1.807, 2.05) is 6.92 Å². The third kappa shape index (κ3) is 2.70. The smallest absolute Gasteiger partial charge is 0.255 e. The lowest BCUT2D eigenvalue weighted by atomic mass is 10.1. The molecule has 18 heavy (non-hydrogen) atoms. The van der Waals surface area contributed by atoms with Gasteiger partial charge in [-0.3, -0.25) is 9.36 Å². The van der Waals surface area contributed by atoms with Crippen molar-refractivity contribution < 1.29 is 0 Å². The summed E-state index contributed by atoms with van der Waals surface area (Å²) in [6.45, 7) is 4.16. The van der Waals surface area contributed by atoms with E-state index in [1.165, 1.54) is 12.5 Å². The van der Waals surface area contributed by atoms with E-state index < -0.39 is 0 Å². The summed E-state index contributed by atoms with van der Waals surface area (Å²) in [7, 11) is 0. The average Bonchev–Trinajstić information content (AvgIpc) is 2.38. The monoisotopic (exact) mass is 246 g/mol. The number of nitriles is 1. The highest BCUT2D eigenvalue weighted by atomic mass is 16.1. The maximum Gasteiger partial charge on any atom is 0.255 e. The molecule has 2 rings (SSSR count). The average molecular weight is 246 g/mol. The van der Waals surface area contributed by atoms with Crippen molar-refractivity contribution in [1.82, 2.24) is 9.55 Å². The van der Waals surface area contributed by atoms with Crippen LogP contribution in [-0.4, -0.2) is 22.6 Å². The number of hydrogen-bond donors (Lipinski definition) is 0. The normalized spacial score (nSPS) is 15.4. The van der Waals surface area contributed by atoms with Crippen LogP contribution in [0.2, 0.25) is 0 Å². The first-order valence-corrected chi connectivity index (χ1v) is 6.43. The number of hydrogen-bond acceptors (Lipinski definition) is 4. The van der Waals surface area contributed by atoms with Crippen LogP contribution in [0.5, 0.6) is 0 Å². The van der Waals surface area contributed by atoms with E-state index in [-0.39, 0.29) is 5.56 Å². The van der Waals surface area contributed by atoms with Crippen LogP contribution < -0.4 is 10.5 Å². The highest BCUT2D eigenvalue weighted by Crippen LogP contribution is 2.17. The van der Waals surface area contributed by atoms with Gasteiger partial charge in [0.2, 0.25) is 5.95 Å². The molecule has 0 radical (unpaired) electrons. The maximum absolute atomic E-state index is 12.0. The Morgan fingerprint density at radius 2 is 2.11 bits per heavy atom. The van der Waals surface area contributed by atoms with E-state index in [4.69, 9.17) is 5.26 Å². The lowest BCUT2D eigenvalue weighted by molar-refractivity contribution is 0.543. The molecule has 1 aromatic rings. The second-order valence-corrected chi connectivity index (χ2v) is 4.64. The topological polar surface area (TPSA) is 61.9 Å². The van der Waals surface area contributed by atoms with Crippen LogP contribution in [0.25, 0.3) is 0 Å². The molecule has 1 aliphatic heterocycles. The Bertz CT molecular complexity index is 509. The van der Waals surface area contributed by atoms with Gasteiger partial charge in [0.1, 0.15) is 0 Å². The largest absolute Gasteiger partial charge is 0.342 e. The number of anilines is 1. The van der Waals surface area contributed by atoms with Gasteiger partial charge in [-0.05, 0) is 26.2 Å². The molecule has 5 heteroatoms. The van der Waals surface area contributed by atoms with Gasteiger partial charge < -0.3 is 4.90 Å². The second kappa shape index (κ2) is 5.67. The van der Waals surface area contributed by atoms with Gasteiger partial charge in [0.25, 0.3) is 5.56 Å². The quantitative estimate of drug-likeness (QED) is 0.810. The molecule has 5 nitrogen and oxygen atoms in total. The van der Waals surface area contributed by atoms with Crippen LogP contribution in [0, 0.1) is 18.3 Å². The molecule has 0 unspecified atom stereocenters. The zero-order valence-electron chi connectivity index (χ0n) is 10.7. The molecule has 0 aliphatic carbocycles. The van der Waals surface area contributed by atoms with Gasteiger partial charge in [-0.1, -0.05) is 0 Å². The number of nitrogens with zero attached hydrogens (tertiary/aromatic N) is 4. The molecule has 0 saturated carbocycles. The summed E-state index contributed by atoms with van der Waals surface area (Å²) in [5.41, 5.74) is 0.687. The highest BCUT2D eigenvalue weighted by molar-refractivity contribution is 5.32. The van der Waals surface area contributed by atoms with Crippen LogP contribution in [0.3, 0.4) is 0 Å². The molecule has 0 aromatic carbocycles. The third-order valence-corrected chi connectivity index (χ3v) is 3.20. The van der Waals surface area contributed by atoms with Gasteiger partial charge in [0, 0.05) is 31.4 Å². The molecular formula is C13H18N4O. The van der Waals surface area contributed by atoms with Crippen molar-refractivity contribution in [2.24, 2.45) is 0 Å². The van der Waals surface area contributed by atoms with Gasteiger partial charge in [0.05, 0.1) is 12.5 Å². The van der Waals surface area contributed by atoms with Crippen molar-refractivity contribution in [2.75, 3.05) is 18.0 Å². The molecule has 1 aromatic heterocycles. The minimum absolute atomic E-state index is 0.0571. The molecule has 0 N–H and O–H groups in total. The predicted molar refractivity (Wildman–Crippen MR) is 69.5 cm³/mol. The SMILES string of the molecule is Cc1cc(=O)n(CCC#N)c(N2CCCCC2)n1. The van der Waals surface area contributed by atoms with Crippen LogP contribution in [0.1, 0.15) is 31.4 Å². The van der Waals surface area contributed by atoms with Crippen LogP contribution in [0.15, 0.2) is 10.9 Å². The van der Waals surface area contributed by atoms with Crippen LogP contribution in [-0.2, 0) is 6.54 Å². The Kier molecular flexibility index (Phi) is 3.98. The fraction of sp³-hybridized carbons (Fsp3) is 0.615. The fourth-order valence-electron chi connectivity index (χ4n) is 2.31. The number of rotatable bonds is 3. The van der Waals surface area contributed by atoms with E-state index in [1.54, 1.807) is 4.57 Å². The van der Waals surface area contributed by atoms with Gasteiger partial charge in [-0.2, -0.15) is 5.26 Å². The lowest BCUT2D eigenvalue weighted by Gasteiger charge is -2.29. The van der Waals surface area contributed by atoms with E-state index in [2.05, 4.69) is 16.0 Å². The minimum atomic E-state index is -0.0571. The Hall–Kier alpha value is -1.83. The van der Waals surface area contributed by atoms with Crippen molar-refractivity contribution in [3.8, 4) is 6.07 Å². The van der Waals surface area contributed by atoms with Crippen molar-refractivity contribution in [3.05, 3.63) is 22.1 Å². The van der Waals surface area contributed by atoms with Gasteiger partial charge in [0.15, 0.2) is 0 Å². The molecule has 0 atom stereocenters. The Labute approximate surface area is 107 Å². The van der Waals surface area contributed by atoms with Crippen LogP contribution >= 0.6 is 0 Å². The molecular weight excluding hydrogens is 228 g/mol. The zero-order chi connectivity index (χ0) is 13.0. The van der Waals surface area contributed by atoms with E-state index in [0.717, 1.165) is 37.6 Å². The predicted octanol–water partition coefficient (Wildman–Crippen LogP) is 1.46. The molecule has 1 aliphatic rings. The van der Waals surface area contributed by atoms with Gasteiger partial charge in [-0.25, -0.2) is 4.98 Å². The Morgan fingerprint density at radius 1 is 1.39 bits per heavy atom. The summed E-state index contributed by atoms with van der Waals surface area (Å²) in [4.78, 5) is 18.6. The van der Waals surface area contributed by atoms with Crippen molar-refractivity contribution >= 4 is 5.95 Å². The van der Waals surface area contributed by atoms with E-state index in [9.17, 15) is 4.79 Å².